The summed E-state index contributed by atoms with van der Waals surface area (Å²) in [5.74, 6) is 0. The number of nitrogens with one attached hydrogen (secondary N) is 1. The van der Waals surface area contributed by atoms with Gasteiger partial charge in [0, 0.05) is 5.69 Å². The van der Waals surface area contributed by atoms with Crippen molar-refractivity contribution in [2.24, 2.45) is 0 Å². The number of anilines is 1. The molecule has 3 heteroatoms. The molecule has 0 atom stereocenters. The van der Waals surface area contributed by atoms with Crippen LogP contribution in [0.1, 0.15) is 11.1 Å². The molecule has 0 aliphatic carbocycles. The molecule has 0 radical (unpaired) electrons. The Kier molecular flexibility index (Phi) is 2.82. The molecule has 0 bridgehead atoms. The van der Waals surface area contributed by atoms with Crippen molar-refractivity contribution >= 4 is 18.2 Å². The first-order valence-electron chi connectivity index (χ1n) is 3.68. The summed E-state index contributed by atoms with van der Waals surface area (Å²) in [6.45, 7) is 3.58. The van der Waals surface area contributed by atoms with E-state index < -0.39 is 0 Å². The standard InChI is InChI=1S/C10H8N2O/c1-2-9-5-8(6-11)3-4-10(9)12-7-13/h2-5,7H,1H2,(H,12,13). The van der Waals surface area contributed by atoms with Gasteiger partial charge in [0.25, 0.3) is 0 Å². The van der Waals surface area contributed by atoms with Crippen LogP contribution in [0, 0.1) is 11.3 Å². The average Bonchev–Trinajstić information content (AvgIpc) is 2.19. The maximum absolute atomic E-state index is 10.2. The molecule has 0 spiro atoms. The lowest BCUT2D eigenvalue weighted by molar-refractivity contribution is -0.105. The van der Waals surface area contributed by atoms with E-state index in [1.165, 1.54) is 0 Å². The van der Waals surface area contributed by atoms with Gasteiger partial charge in [-0.2, -0.15) is 5.26 Å². The largest absolute Gasteiger partial charge is 0.328 e. The maximum Gasteiger partial charge on any atom is 0.211 e. The minimum absolute atomic E-state index is 0.548. The second kappa shape index (κ2) is 4.07. The third-order valence-corrected chi connectivity index (χ3v) is 1.62. The fourth-order valence-corrected chi connectivity index (χ4v) is 0.996. The molecule has 1 rings (SSSR count). The van der Waals surface area contributed by atoms with Crippen molar-refractivity contribution in [3.05, 3.63) is 35.9 Å². The first-order chi connectivity index (χ1) is 6.31. The van der Waals surface area contributed by atoms with Crippen LogP contribution in [0.5, 0.6) is 0 Å². The monoisotopic (exact) mass is 172 g/mol. The molecule has 13 heavy (non-hydrogen) atoms. The lowest BCUT2D eigenvalue weighted by Crippen LogP contribution is -1.96. The van der Waals surface area contributed by atoms with E-state index in [-0.39, 0.29) is 0 Å². The number of carbonyl (C=O) groups excluding carboxylic acids is 1. The Bertz CT molecular complexity index is 377. The summed E-state index contributed by atoms with van der Waals surface area (Å²) in [7, 11) is 0. The zero-order chi connectivity index (χ0) is 9.68. The zero-order valence-corrected chi connectivity index (χ0v) is 6.95. The van der Waals surface area contributed by atoms with Gasteiger partial charge in [-0.3, -0.25) is 4.79 Å². The van der Waals surface area contributed by atoms with E-state index in [0.717, 1.165) is 5.56 Å². The van der Waals surface area contributed by atoms with Crippen LogP contribution in [-0.4, -0.2) is 6.41 Å². The molecule has 0 heterocycles. The van der Waals surface area contributed by atoms with Gasteiger partial charge in [0.05, 0.1) is 11.6 Å². The highest BCUT2D eigenvalue weighted by Gasteiger charge is 1.98. The van der Waals surface area contributed by atoms with E-state index in [1.54, 1.807) is 24.3 Å². The van der Waals surface area contributed by atoms with Crippen LogP contribution >= 0.6 is 0 Å². The summed E-state index contributed by atoms with van der Waals surface area (Å²) < 4.78 is 0. The van der Waals surface area contributed by atoms with E-state index >= 15 is 0 Å². The Morgan fingerprint density at radius 2 is 2.31 bits per heavy atom. The maximum atomic E-state index is 10.2. The fraction of sp³-hybridized carbons (Fsp3) is 0. The number of rotatable bonds is 3. The predicted molar refractivity (Wildman–Crippen MR) is 50.9 cm³/mol. The van der Waals surface area contributed by atoms with Crippen molar-refractivity contribution in [3.8, 4) is 6.07 Å². The van der Waals surface area contributed by atoms with E-state index in [2.05, 4.69) is 11.9 Å². The van der Waals surface area contributed by atoms with Crippen molar-refractivity contribution in [1.82, 2.24) is 0 Å². The van der Waals surface area contributed by atoms with Gasteiger partial charge in [-0.25, -0.2) is 0 Å². The number of hydrogen-bond donors (Lipinski definition) is 1. The molecule has 1 aromatic carbocycles. The minimum Gasteiger partial charge on any atom is -0.328 e. The van der Waals surface area contributed by atoms with Gasteiger partial charge in [-0.05, 0) is 23.8 Å². The molecule has 0 aliphatic rings. The predicted octanol–water partition coefficient (Wildman–Crippen LogP) is 1.77. The van der Waals surface area contributed by atoms with Crippen LogP contribution in [-0.2, 0) is 4.79 Å². The number of hydrogen-bond acceptors (Lipinski definition) is 2. The highest BCUT2D eigenvalue weighted by molar-refractivity contribution is 5.78. The molecule has 0 unspecified atom stereocenters. The molecule has 0 aliphatic heterocycles. The van der Waals surface area contributed by atoms with Crippen molar-refractivity contribution in [3.63, 3.8) is 0 Å². The number of nitrogens with zero attached hydrogens (tertiary/aromatic N) is 1. The van der Waals surface area contributed by atoms with E-state index in [1.807, 2.05) is 6.07 Å². The molecule has 1 N–H and O–H groups in total. The molecule has 0 aromatic heterocycles. The topological polar surface area (TPSA) is 52.9 Å². The first-order valence-corrected chi connectivity index (χ1v) is 3.68. The lowest BCUT2D eigenvalue weighted by atomic mass is 10.1. The summed E-state index contributed by atoms with van der Waals surface area (Å²) in [5, 5.41) is 11.1. The van der Waals surface area contributed by atoms with E-state index in [0.29, 0.717) is 17.7 Å². The van der Waals surface area contributed by atoms with Crippen molar-refractivity contribution in [1.29, 1.82) is 5.26 Å². The summed E-state index contributed by atoms with van der Waals surface area (Å²) >= 11 is 0. The minimum atomic E-state index is 0.548. The SMILES string of the molecule is C=Cc1cc(C#N)ccc1NC=O. The summed E-state index contributed by atoms with van der Waals surface area (Å²) in [6.07, 6.45) is 2.18. The van der Waals surface area contributed by atoms with E-state index in [9.17, 15) is 4.79 Å². The first kappa shape index (κ1) is 9.01. The Balaban J connectivity index is 3.16. The van der Waals surface area contributed by atoms with Gasteiger partial charge < -0.3 is 5.32 Å². The van der Waals surface area contributed by atoms with E-state index in [4.69, 9.17) is 5.26 Å². The number of carbonyl (C=O) groups is 1. The van der Waals surface area contributed by atoms with Gasteiger partial charge >= 0.3 is 0 Å². The third-order valence-electron chi connectivity index (χ3n) is 1.62. The second-order valence-electron chi connectivity index (χ2n) is 2.38. The van der Waals surface area contributed by atoms with Crippen LogP contribution in [0.4, 0.5) is 5.69 Å². The lowest BCUT2D eigenvalue weighted by Gasteiger charge is -2.03. The van der Waals surface area contributed by atoms with Gasteiger partial charge in [0.1, 0.15) is 0 Å². The van der Waals surface area contributed by atoms with Crippen molar-refractivity contribution in [2.75, 3.05) is 5.32 Å². The van der Waals surface area contributed by atoms with Crippen LogP contribution in [0.3, 0.4) is 0 Å². The van der Waals surface area contributed by atoms with Crippen LogP contribution < -0.4 is 5.32 Å². The third kappa shape index (κ3) is 1.94. The van der Waals surface area contributed by atoms with Gasteiger partial charge in [0.2, 0.25) is 6.41 Å². The molecular formula is C10H8N2O. The summed E-state index contributed by atoms with van der Waals surface area (Å²) in [6, 6.07) is 6.98. The highest BCUT2D eigenvalue weighted by Crippen LogP contribution is 2.17. The normalized spacial score (nSPS) is 8.54. The van der Waals surface area contributed by atoms with Gasteiger partial charge in [-0.1, -0.05) is 12.7 Å². The molecule has 0 saturated carbocycles. The van der Waals surface area contributed by atoms with Gasteiger partial charge in [0.15, 0.2) is 0 Å². The molecule has 3 nitrogen and oxygen atoms in total. The smallest absolute Gasteiger partial charge is 0.211 e. The fourth-order valence-electron chi connectivity index (χ4n) is 0.996. The molecule has 1 aromatic rings. The van der Waals surface area contributed by atoms with Crippen molar-refractivity contribution in [2.45, 2.75) is 0 Å². The quantitative estimate of drug-likeness (QED) is 0.706. The molecule has 0 saturated heterocycles. The molecule has 0 fully saturated rings. The Hall–Kier alpha value is -2.08. The van der Waals surface area contributed by atoms with Crippen molar-refractivity contribution < 1.29 is 4.79 Å². The molecule has 1 amide bonds. The summed E-state index contributed by atoms with van der Waals surface area (Å²) in [4.78, 5) is 10.2. The van der Waals surface area contributed by atoms with Gasteiger partial charge in [-0.15, -0.1) is 0 Å². The second-order valence-corrected chi connectivity index (χ2v) is 2.38. The summed E-state index contributed by atoms with van der Waals surface area (Å²) in [5.41, 5.74) is 1.95. The zero-order valence-electron chi connectivity index (χ0n) is 6.95. The molecule has 64 valence electrons. The Morgan fingerprint density at radius 1 is 1.54 bits per heavy atom. The number of nitriles is 1. The highest BCUT2D eigenvalue weighted by atomic mass is 16.1. The number of amides is 1. The average molecular weight is 172 g/mol. The van der Waals surface area contributed by atoms with Crippen LogP contribution in [0.2, 0.25) is 0 Å². The van der Waals surface area contributed by atoms with Crippen LogP contribution in [0.25, 0.3) is 6.08 Å². The Morgan fingerprint density at radius 3 is 2.85 bits per heavy atom. The Labute approximate surface area is 76.3 Å². The van der Waals surface area contributed by atoms with Crippen LogP contribution in [0.15, 0.2) is 24.8 Å². The number of benzene rings is 1. The molecular weight excluding hydrogens is 164 g/mol.